The number of pyridine rings is 1. The fourth-order valence-electron chi connectivity index (χ4n) is 1.46. The van der Waals surface area contributed by atoms with Crippen molar-refractivity contribution in [3.8, 4) is 0 Å². The van der Waals surface area contributed by atoms with Gasteiger partial charge in [0.25, 0.3) is 0 Å². The molecule has 0 saturated heterocycles. The lowest BCUT2D eigenvalue weighted by atomic mass is 10.1. The van der Waals surface area contributed by atoms with E-state index in [9.17, 15) is 4.79 Å². The predicted octanol–water partition coefficient (Wildman–Crippen LogP) is 0.204. The summed E-state index contributed by atoms with van der Waals surface area (Å²) in [5, 5.41) is 12.6. The first kappa shape index (κ1) is 9.60. The minimum absolute atomic E-state index is 0.119. The average Bonchev–Trinajstić information content (AvgIpc) is 2.63. The molecule has 2 heterocycles. The number of fused-ring (bicyclic) bond motifs is 1. The van der Waals surface area contributed by atoms with Crippen LogP contribution in [0, 0.1) is 0 Å². The second kappa shape index (κ2) is 3.66. The molecule has 0 amide bonds. The molecule has 0 bridgehead atoms. The van der Waals surface area contributed by atoms with Crippen molar-refractivity contribution in [2.75, 3.05) is 0 Å². The lowest BCUT2D eigenvalue weighted by molar-refractivity contribution is -0.137. The van der Waals surface area contributed by atoms with Gasteiger partial charge in [0.2, 0.25) is 0 Å². The van der Waals surface area contributed by atoms with E-state index in [1.165, 1.54) is 6.33 Å². The zero-order valence-electron chi connectivity index (χ0n) is 7.87. The van der Waals surface area contributed by atoms with Crippen LogP contribution in [0.1, 0.15) is 18.0 Å². The summed E-state index contributed by atoms with van der Waals surface area (Å²) in [5.74, 6) is -0.927. The van der Waals surface area contributed by atoms with Crippen LogP contribution in [0.15, 0.2) is 24.7 Å². The van der Waals surface area contributed by atoms with Gasteiger partial charge in [0.15, 0.2) is 5.65 Å². The Balaban J connectivity index is 2.42. The topological polar surface area (TPSA) is 93.5 Å². The Morgan fingerprint density at radius 2 is 2.47 bits per heavy atom. The molecule has 0 aromatic carbocycles. The minimum Gasteiger partial charge on any atom is -0.481 e. The van der Waals surface area contributed by atoms with E-state index < -0.39 is 12.0 Å². The first-order valence-corrected chi connectivity index (χ1v) is 4.44. The molecule has 0 aliphatic carbocycles. The van der Waals surface area contributed by atoms with Crippen LogP contribution in [0.5, 0.6) is 0 Å². The van der Waals surface area contributed by atoms with Crippen LogP contribution in [-0.2, 0) is 4.79 Å². The molecular weight excluding hydrogens is 196 g/mol. The third kappa shape index (κ3) is 1.79. The normalized spacial score (nSPS) is 12.9. The molecule has 1 atom stereocenters. The van der Waals surface area contributed by atoms with E-state index in [0.717, 1.165) is 0 Å². The molecule has 6 heteroatoms. The van der Waals surface area contributed by atoms with Gasteiger partial charge in [0.1, 0.15) is 6.33 Å². The Morgan fingerprint density at radius 3 is 3.20 bits per heavy atom. The highest BCUT2D eigenvalue weighted by atomic mass is 16.4. The van der Waals surface area contributed by atoms with Crippen molar-refractivity contribution in [1.29, 1.82) is 0 Å². The molecule has 2 aromatic heterocycles. The monoisotopic (exact) mass is 206 g/mol. The summed E-state index contributed by atoms with van der Waals surface area (Å²) in [7, 11) is 0. The van der Waals surface area contributed by atoms with Crippen molar-refractivity contribution < 1.29 is 9.90 Å². The van der Waals surface area contributed by atoms with E-state index in [4.69, 9.17) is 10.8 Å². The van der Waals surface area contributed by atoms with Gasteiger partial charge >= 0.3 is 5.97 Å². The summed E-state index contributed by atoms with van der Waals surface area (Å²) in [6, 6.07) is 2.96. The fraction of sp³-hybridized carbons (Fsp3) is 0.222. The SMILES string of the molecule is NC(CC(=O)O)c1cccn2ncnc12. The number of hydrogen-bond donors (Lipinski definition) is 2. The van der Waals surface area contributed by atoms with E-state index >= 15 is 0 Å². The molecule has 6 nitrogen and oxygen atoms in total. The van der Waals surface area contributed by atoms with Gasteiger partial charge in [-0.2, -0.15) is 5.10 Å². The van der Waals surface area contributed by atoms with Crippen molar-refractivity contribution >= 4 is 11.6 Å². The Bertz CT molecular complexity index is 494. The molecule has 3 N–H and O–H groups in total. The summed E-state index contributed by atoms with van der Waals surface area (Å²) in [6.07, 6.45) is 3.03. The highest BCUT2D eigenvalue weighted by Crippen LogP contribution is 2.17. The van der Waals surface area contributed by atoms with Crippen molar-refractivity contribution in [3.63, 3.8) is 0 Å². The second-order valence-electron chi connectivity index (χ2n) is 3.20. The van der Waals surface area contributed by atoms with Gasteiger partial charge in [-0.1, -0.05) is 6.07 Å². The van der Waals surface area contributed by atoms with Crippen molar-refractivity contribution in [2.24, 2.45) is 5.73 Å². The highest BCUT2D eigenvalue weighted by Gasteiger charge is 2.14. The standard InChI is InChI=1S/C9H10N4O2/c10-7(4-8(14)15)6-2-1-3-13-9(6)11-5-12-13/h1-3,5,7H,4,10H2,(H,14,15). The van der Waals surface area contributed by atoms with Crippen LogP contribution >= 0.6 is 0 Å². The van der Waals surface area contributed by atoms with Gasteiger partial charge in [-0.25, -0.2) is 9.50 Å². The van der Waals surface area contributed by atoms with Crippen LogP contribution in [0.4, 0.5) is 0 Å². The van der Waals surface area contributed by atoms with Crippen LogP contribution in [-0.4, -0.2) is 25.7 Å². The summed E-state index contributed by atoms with van der Waals surface area (Å²) >= 11 is 0. The van der Waals surface area contributed by atoms with Gasteiger partial charge in [0, 0.05) is 17.8 Å². The number of carboxylic acids is 1. The summed E-state index contributed by atoms with van der Waals surface area (Å²) in [6.45, 7) is 0. The number of nitrogens with two attached hydrogens (primary N) is 1. The molecule has 0 radical (unpaired) electrons. The van der Waals surface area contributed by atoms with Gasteiger partial charge in [-0.05, 0) is 6.07 Å². The van der Waals surface area contributed by atoms with E-state index in [2.05, 4.69) is 10.1 Å². The molecule has 0 aliphatic heterocycles. The quantitative estimate of drug-likeness (QED) is 0.748. The van der Waals surface area contributed by atoms with Crippen molar-refractivity contribution in [2.45, 2.75) is 12.5 Å². The molecule has 78 valence electrons. The number of aromatic nitrogens is 3. The zero-order valence-corrected chi connectivity index (χ0v) is 7.87. The maximum Gasteiger partial charge on any atom is 0.305 e. The molecule has 1 unspecified atom stereocenters. The van der Waals surface area contributed by atoms with Crippen LogP contribution < -0.4 is 5.73 Å². The number of hydrogen-bond acceptors (Lipinski definition) is 4. The van der Waals surface area contributed by atoms with Crippen LogP contribution in [0.25, 0.3) is 5.65 Å². The molecule has 0 aliphatic rings. The summed E-state index contributed by atoms with van der Waals surface area (Å²) < 4.78 is 1.57. The Morgan fingerprint density at radius 1 is 1.67 bits per heavy atom. The number of aliphatic carboxylic acids is 1. The fourth-order valence-corrected chi connectivity index (χ4v) is 1.46. The van der Waals surface area contributed by atoms with E-state index in [0.29, 0.717) is 11.2 Å². The smallest absolute Gasteiger partial charge is 0.305 e. The van der Waals surface area contributed by atoms with E-state index in [-0.39, 0.29) is 6.42 Å². The van der Waals surface area contributed by atoms with Gasteiger partial charge in [-0.3, -0.25) is 4.79 Å². The third-order valence-electron chi connectivity index (χ3n) is 2.13. The Labute approximate surface area is 85.3 Å². The minimum atomic E-state index is -0.927. The molecule has 2 aromatic rings. The van der Waals surface area contributed by atoms with Crippen LogP contribution in [0.2, 0.25) is 0 Å². The first-order valence-electron chi connectivity index (χ1n) is 4.44. The summed E-state index contributed by atoms with van der Waals surface area (Å²) in [5.41, 5.74) is 7.05. The number of rotatable bonds is 3. The van der Waals surface area contributed by atoms with Crippen LogP contribution in [0.3, 0.4) is 0 Å². The molecular formula is C9H10N4O2. The maximum atomic E-state index is 10.5. The Hall–Kier alpha value is -1.95. The van der Waals surface area contributed by atoms with Gasteiger partial charge < -0.3 is 10.8 Å². The lowest BCUT2D eigenvalue weighted by Gasteiger charge is -2.09. The number of carboxylic acid groups (broad SMARTS) is 1. The average molecular weight is 206 g/mol. The Kier molecular flexibility index (Phi) is 2.34. The molecule has 15 heavy (non-hydrogen) atoms. The third-order valence-corrected chi connectivity index (χ3v) is 2.13. The number of carbonyl (C=O) groups is 1. The second-order valence-corrected chi connectivity index (χ2v) is 3.20. The van der Waals surface area contributed by atoms with E-state index in [1.54, 1.807) is 22.8 Å². The maximum absolute atomic E-state index is 10.5. The largest absolute Gasteiger partial charge is 0.481 e. The zero-order chi connectivity index (χ0) is 10.8. The van der Waals surface area contributed by atoms with Gasteiger partial charge in [-0.15, -0.1) is 0 Å². The first-order chi connectivity index (χ1) is 7.18. The summed E-state index contributed by atoms with van der Waals surface area (Å²) in [4.78, 5) is 14.6. The van der Waals surface area contributed by atoms with Crippen molar-refractivity contribution in [1.82, 2.24) is 14.6 Å². The molecule has 0 saturated carbocycles. The molecule has 0 fully saturated rings. The van der Waals surface area contributed by atoms with Gasteiger partial charge in [0.05, 0.1) is 6.42 Å². The lowest BCUT2D eigenvalue weighted by Crippen LogP contribution is -2.16. The molecule has 0 spiro atoms. The molecule has 2 rings (SSSR count). The van der Waals surface area contributed by atoms with E-state index in [1.807, 2.05) is 0 Å². The number of nitrogens with zero attached hydrogens (tertiary/aromatic N) is 3. The van der Waals surface area contributed by atoms with Crippen molar-refractivity contribution in [3.05, 3.63) is 30.2 Å². The predicted molar refractivity (Wildman–Crippen MR) is 52.2 cm³/mol. The highest BCUT2D eigenvalue weighted by molar-refractivity contribution is 5.68.